The first kappa shape index (κ1) is 13.7. The molecular weight excluding hydrogens is 236 g/mol. The minimum absolute atomic E-state index is 0.0231. The first-order chi connectivity index (χ1) is 9.15. The molecule has 1 unspecified atom stereocenters. The molecule has 0 N–H and O–H groups in total. The van der Waals surface area contributed by atoms with Crippen LogP contribution in [0.2, 0.25) is 0 Å². The third-order valence-corrected chi connectivity index (χ3v) is 4.04. The minimum Gasteiger partial charge on any atom is -0.299 e. The molecule has 0 heterocycles. The van der Waals surface area contributed by atoms with Crippen LogP contribution in [-0.4, -0.2) is 11.6 Å². The molecule has 19 heavy (non-hydrogen) atoms. The van der Waals surface area contributed by atoms with E-state index in [-0.39, 0.29) is 11.6 Å². The van der Waals surface area contributed by atoms with Gasteiger partial charge in [0.15, 0.2) is 0 Å². The zero-order valence-electron chi connectivity index (χ0n) is 11.4. The van der Waals surface area contributed by atoms with E-state index >= 15 is 0 Å². The summed E-state index contributed by atoms with van der Waals surface area (Å²) in [5.41, 5.74) is 0.355. The summed E-state index contributed by atoms with van der Waals surface area (Å²) < 4.78 is 0. The fraction of sp³-hybridized carbons (Fsp3) is 0.412. The lowest BCUT2D eigenvalue weighted by atomic mass is 9.68. The Morgan fingerprint density at radius 3 is 2.63 bits per heavy atom. The van der Waals surface area contributed by atoms with E-state index in [2.05, 4.69) is 0 Å². The predicted molar refractivity (Wildman–Crippen MR) is 76.7 cm³/mol. The summed E-state index contributed by atoms with van der Waals surface area (Å²) in [7, 11) is 0. The van der Waals surface area contributed by atoms with E-state index in [1.165, 1.54) is 0 Å². The van der Waals surface area contributed by atoms with E-state index in [9.17, 15) is 9.59 Å². The largest absolute Gasteiger partial charge is 0.299 e. The van der Waals surface area contributed by atoms with Crippen LogP contribution in [0.4, 0.5) is 0 Å². The average molecular weight is 256 g/mol. The lowest BCUT2D eigenvalue weighted by molar-refractivity contribution is -0.141. The van der Waals surface area contributed by atoms with Crippen molar-refractivity contribution in [2.24, 2.45) is 5.41 Å². The van der Waals surface area contributed by atoms with Gasteiger partial charge in [-0.05, 0) is 31.7 Å². The van der Waals surface area contributed by atoms with Crippen LogP contribution in [0.1, 0.15) is 44.6 Å². The van der Waals surface area contributed by atoms with Crippen molar-refractivity contribution in [3.8, 4) is 0 Å². The lowest BCUT2D eigenvalue weighted by Gasteiger charge is -2.32. The smallest absolute Gasteiger partial charge is 0.146 e. The van der Waals surface area contributed by atoms with Crippen molar-refractivity contribution < 1.29 is 9.59 Å². The highest BCUT2D eigenvalue weighted by Gasteiger charge is 2.42. The molecule has 0 spiro atoms. The highest BCUT2D eigenvalue weighted by Crippen LogP contribution is 2.37. The second-order valence-corrected chi connectivity index (χ2v) is 5.29. The van der Waals surface area contributed by atoms with Gasteiger partial charge in [0, 0.05) is 6.42 Å². The van der Waals surface area contributed by atoms with Gasteiger partial charge >= 0.3 is 0 Å². The van der Waals surface area contributed by atoms with Gasteiger partial charge in [0.2, 0.25) is 0 Å². The highest BCUT2D eigenvalue weighted by molar-refractivity contribution is 6.06. The Hall–Kier alpha value is -1.70. The third kappa shape index (κ3) is 3.01. The predicted octanol–water partition coefficient (Wildman–Crippen LogP) is 3.81. The molecule has 1 fully saturated rings. The first-order valence-corrected chi connectivity index (χ1v) is 6.91. The molecule has 0 radical (unpaired) electrons. The van der Waals surface area contributed by atoms with E-state index in [1.807, 2.05) is 42.5 Å². The molecular formula is C17H20O2. The Balaban J connectivity index is 2.12. The van der Waals surface area contributed by atoms with Crippen LogP contribution >= 0.6 is 0 Å². The summed E-state index contributed by atoms with van der Waals surface area (Å²) >= 11 is 0. The van der Waals surface area contributed by atoms with Crippen molar-refractivity contribution in [2.45, 2.75) is 39.0 Å². The van der Waals surface area contributed by atoms with E-state index < -0.39 is 5.41 Å². The zero-order valence-corrected chi connectivity index (χ0v) is 11.4. The summed E-state index contributed by atoms with van der Waals surface area (Å²) in [6.07, 6.45) is 7.67. The number of ketones is 2. The van der Waals surface area contributed by atoms with Gasteiger partial charge in [-0.15, -0.1) is 0 Å². The van der Waals surface area contributed by atoms with E-state index in [1.54, 1.807) is 6.92 Å². The van der Waals surface area contributed by atoms with Crippen molar-refractivity contribution in [2.75, 3.05) is 0 Å². The van der Waals surface area contributed by atoms with Gasteiger partial charge in [-0.1, -0.05) is 48.9 Å². The molecule has 2 rings (SSSR count). The van der Waals surface area contributed by atoms with E-state index in [0.29, 0.717) is 19.3 Å². The molecule has 1 aromatic carbocycles. The highest BCUT2D eigenvalue weighted by atomic mass is 16.2. The summed E-state index contributed by atoms with van der Waals surface area (Å²) in [5.74, 6) is 0.152. The number of rotatable bonds is 4. The lowest BCUT2D eigenvalue weighted by Crippen LogP contribution is -2.40. The molecule has 1 aromatic rings. The van der Waals surface area contributed by atoms with Crippen molar-refractivity contribution >= 4 is 17.6 Å². The van der Waals surface area contributed by atoms with Gasteiger partial charge in [0.1, 0.15) is 11.6 Å². The van der Waals surface area contributed by atoms with E-state index in [4.69, 9.17) is 0 Å². The maximum absolute atomic E-state index is 12.1. The number of allylic oxidation sites excluding steroid dienone is 1. The monoisotopic (exact) mass is 256 g/mol. The molecule has 100 valence electrons. The third-order valence-electron chi connectivity index (χ3n) is 4.04. The van der Waals surface area contributed by atoms with Gasteiger partial charge in [0.25, 0.3) is 0 Å². The number of benzene rings is 1. The second kappa shape index (κ2) is 5.96. The SMILES string of the molecule is CC(=O)C1(C/C=C/c2ccccc2)CCCCC1=O. The topological polar surface area (TPSA) is 34.1 Å². The van der Waals surface area contributed by atoms with Crippen LogP contribution in [-0.2, 0) is 9.59 Å². The van der Waals surface area contributed by atoms with Gasteiger partial charge in [-0.2, -0.15) is 0 Å². The van der Waals surface area contributed by atoms with Gasteiger partial charge in [-0.3, -0.25) is 9.59 Å². The molecule has 0 amide bonds. The van der Waals surface area contributed by atoms with Crippen LogP contribution in [0.5, 0.6) is 0 Å². The average Bonchev–Trinajstić information content (AvgIpc) is 2.42. The van der Waals surface area contributed by atoms with Crippen LogP contribution in [0.25, 0.3) is 6.08 Å². The standard InChI is InChI=1S/C17H20O2/c1-14(18)17(12-6-5-11-16(17)19)13-7-10-15-8-3-2-4-9-15/h2-4,7-10H,5-6,11-13H2,1H3/b10-7+. The molecule has 2 heteroatoms. The van der Waals surface area contributed by atoms with Gasteiger partial charge in [0.05, 0.1) is 5.41 Å². The molecule has 2 nitrogen and oxygen atoms in total. The van der Waals surface area contributed by atoms with Crippen molar-refractivity contribution in [3.05, 3.63) is 42.0 Å². The van der Waals surface area contributed by atoms with E-state index in [0.717, 1.165) is 18.4 Å². The first-order valence-electron chi connectivity index (χ1n) is 6.91. The maximum Gasteiger partial charge on any atom is 0.146 e. The van der Waals surface area contributed by atoms with Gasteiger partial charge < -0.3 is 0 Å². The quantitative estimate of drug-likeness (QED) is 0.768. The number of carbonyl (C=O) groups is 2. The summed E-state index contributed by atoms with van der Waals surface area (Å²) in [4.78, 5) is 24.1. The van der Waals surface area contributed by atoms with Crippen molar-refractivity contribution in [1.29, 1.82) is 0 Å². The normalized spacial score (nSPS) is 23.7. The fourth-order valence-electron chi connectivity index (χ4n) is 2.78. The van der Waals surface area contributed by atoms with Crippen LogP contribution in [0.15, 0.2) is 36.4 Å². The number of hydrogen-bond donors (Lipinski definition) is 0. The van der Waals surface area contributed by atoms with Crippen molar-refractivity contribution in [3.63, 3.8) is 0 Å². The Morgan fingerprint density at radius 1 is 1.26 bits per heavy atom. The van der Waals surface area contributed by atoms with Crippen LogP contribution in [0, 0.1) is 5.41 Å². The van der Waals surface area contributed by atoms with Gasteiger partial charge in [-0.25, -0.2) is 0 Å². The molecule has 0 bridgehead atoms. The molecule has 1 atom stereocenters. The fourth-order valence-corrected chi connectivity index (χ4v) is 2.78. The van der Waals surface area contributed by atoms with Crippen LogP contribution < -0.4 is 0 Å². The molecule has 1 aliphatic carbocycles. The van der Waals surface area contributed by atoms with Crippen LogP contribution in [0.3, 0.4) is 0 Å². The molecule has 0 aliphatic heterocycles. The molecule has 0 saturated heterocycles. The Kier molecular flexibility index (Phi) is 4.31. The number of Topliss-reactive ketones (excluding diaryl/α,β-unsaturated/α-hetero) is 2. The molecule has 1 saturated carbocycles. The Morgan fingerprint density at radius 2 is 2.00 bits per heavy atom. The number of hydrogen-bond acceptors (Lipinski definition) is 2. The molecule has 0 aromatic heterocycles. The Bertz CT molecular complexity index is 487. The number of carbonyl (C=O) groups excluding carboxylic acids is 2. The summed E-state index contributed by atoms with van der Waals surface area (Å²) in [6.45, 7) is 1.56. The second-order valence-electron chi connectivity index (χ2n) is 5.29. The summed E-state index contributed by atoms with van der Waals surface area (Å²) in [6, 6.07) is 9.96. The zero-order chi connectivity index (χ0) is 13.7. The van der Waals surface area contributed by atoms with Crippen molar-refractivity contribution in [1.82, 2.24) is 0 Å². The summed E-state index contributed by atoms with van der Waals surface area (Å²) in [5, 5.41) is 0. The Labute approximate surface area is 114 Å². The minimum atomic E-state index is -0.746. The molecule has 1 aliphatic rings. The maximum atomic E-state index is 12.1.